The normalized spacial score (nSPS) is 12.7. The van der Waals surface area contributed by atoms with E-state index in [0.29, 0.717) is 5.92 Å². The van der Waals surface area contributed by atoms with E-state index in [1.54, 1.807) is 6.33 Å². The van der Waals surface area contributed by atoms with E-state index in [0.717, 1.165) is 43.7 Å². The van der Waals surface area contributed by atoms with Crippen molar-refractivity contribution >= 4 is 5.82 Å². The molecule has 1 heterocycles. The van der Waals surface area contributed by atoms with E-state index >= 15 is 0 Å². The van der Waals surface area contributed by atoms with Crippen molar-refractivity contribution in [1.82, 2.24) is 9.97 Å². The lowest BCUT2D eigenvalue weighted by molar-refractivity contribution is 0.407. The quantitative estimate of drug-likeness (QED) is 0.744. The molecule has 1 aromatic rings. The third kappa shape index (κ3) is 4.61. The minimum Gasteiger partial charge on any atom is -0.368 e. The van der Waals surface area contributed by atoms with Gasteiger partial charge >= 0.3 is 0 Å². The van der Waals surface area contributed by atoms with Gasteiger partial charge in [-0.15, -0.1) is 0 Å². The first-order valence-corrected chi connectivity index (χ1v) is 7.01. The lowest BCUT2D eigenvalue weighted by Gasteiger charge is -2.21. The van der Waals surface area contributed by atoms with Gasteiger partial charge in [0.05, 0.1) is 0 Å². The summed E-state index contributed by atoms with van der Waals surface area (Å²) in [6.45, 7) is 7.31. The SMILES string of the molecule is CCCc1cc(NCC(N)C(CC)CC)ncn1. The molecule has 4 heteroatoms. The van der Waals surface area contributed by atoms with Gasteiger partial charge in [-0.05, 0) is 12.3 Å². The molecule has 3 N–H and O–H groups in total. The molecule has 0 fully saturated rings. The minimum absolute atomic E-state index is 0.185. The van der Waals surface area contributed by atoms with Crippen LogP contribution in [-0.2, 0) is 6.42 Å². The van der Waals surface area contributed by atoms with Crippen LogP contribution in [0.2, 0.25) is 0 Å². The predicted molar refractivity (Wildman–Crippen MR) is 76.6 cm³/mol. The average molecular weight is 250 g/mol. The minimum atomic E-state index is 0.185. The standard InChI is InChI=1S/C14H26N4/c1-4-7-12-8-14(18-10-17-12)16-9-13(15)11(5-2)6-3/h8,10-11,13H,4-7,9,15H2,1-3H3,(H,16,17,18). The maximum atomic E-state index is 6.18. The highest BCUT2D eigenvalue weighted by Gasteiger charge is 2.13. The molecule has 0 amide bonds. The van der Waals surface area contributed by atoms with E-state index < -0.39 is 0 Å². The molecule has 0 aliphatic heterocycles. The Hall–Kier alpha value is -1.16. The van der Waals surface area contributed by atoms with Crippen LogP contribution in [-0.4, -0.2) is 22.6 Å². The van der Waals surface area contributed by atoms with Crippen molar-refractivity contribution in [2.45, 2.75) is 52.5 Å². The molecular weight excluding hydrogens is 224 g/mol. The van der Waals surface area contributed by atoms with E-state index in [1.807, 2.05) is 6.07 Å². The molecule has 0 saturated carbocycles. The molecule has 18 heavy (non-hydrogen) atoms. The van der Waals surface area contributed by atoms with Crippen molar-refractivity contribution in [3.05, 3.63) is 18.1 Å². The zero-order valence-electron chi connectivity index (χ0n) is 11.8. The number of rotatable bonds is 8. The van der Waals surface area contributed by atoms with E-state index in [1.165, 1.54) is 0 Å². The molecule has 0 aromatic carbocycles. The lowest BCUT2D eigenvalue weighted by Crippen LogP contribution is -2.36. The fourth-order valence-corrected chi connectivity index (χ4v) is 2.17. The fourth-order valence-electron chi connectivity index (χ4n) is 2.17. The average Bonchev–Trinajstić information content (AvgIpc) is 2.39. The van der Waals surface area contributed by atoms with Gasteiger partial charge in [-0.1, -0.05) is 40.0 Å². The van der Waals surface area contributed by atoms with Gasteiger partial charge in [0, 0.05) is 24.3 Å². The molecule has 1 atom stereocenters. The molecule has 0 spiro atoms. The van der Waals surface area contributed by atoms with Crippen molar-refractivity contribution in [2.75, 3.05) is 11.9 Å². The highest BCUT2D eigenvalue weighted by molar-refractivity contribution is 5.35. The molecule has 0 bridgehead atoms. The van der Waals surface area contributed by atoms with Crippen LogP contribution in [0.1, 0.15) is 45.7 Å². The van der Waals surface area contributed by atoms with Gasteiger partial charge in [0.1, 0.15) is 12.1 Å². The highest BCUT2D eigenvalue weighted by Crippen LogP contribution is 2.12. The van der Waals surface area contributed by atoms with Gasteiger partial charge < -0.3 is 11.1 Å². The van der Waals surface area contributed by atoms with Crippen LogP contribution in [0.3, 0.4) is 0 Å². The zero-order valence-corrected chi connectivity index (χ0v) is 11.8. The Morgan fingerprint density at radius 2 is 1.94 bits per heavy atom. The number of hydrogen-bond donors (Lipinski definition) is 2. The number of hydrogen-bond acceptors (Lipinski definition) is 4. The molecule has 0 saturated heterocycles. The van der Waals surface area contributed by atoms with E-state index in [-0.39, 0.29) is 6.04 Å². The summed E-state index contributed by atoms with van der Waals surface area (Å²) in [5.41, 5.74) is 7.27. The largest absolute Gasteiger partial charge is 0.368 e. The Balaban J connectivity index is 2.49. The summed E-state index contributed by atoms with van der Waals surface area (Å²) in [7, 11) is 0. The zero-order chi connectivity index (χ0) is 13.4. The van der Waals surface area contributed by atoms with Gasteiger partial charge in [0.25, 0.3) is 0 Å². The van der Waals surface area contributed by atoms with Gasteiger partial charge in [-0.2, -0.15) is 0 Å². The van der Waals surface area contributed by atoms with Crippen LogP contribution in [0.15, 0.2) is 12.4 Å². The number of nitrogens with two attached hydrogens (primary N) is 1. The predicted octanol–water partition coefficient (Wildman–Crippen LogP) is 2.60. The van der Waals surface area contributed by atoms with Crippen molar-refractivity contribution < 1.29 is 0 Å². The Morgan fingerprint density at radius 1 is 1.22 bits per heavy atom. The van der Waals surface area contributed by atoms with Crippen molar-refractivity contribution in [1.29, 1.82) is 0 Å². The molecule has 1 aromatic heterocycles. The fraction of sp³-hybridized carbons (Fsp3) is 0.714. The molecule has 0 aliphatic carbocycles. The third-order valence-corrected chi connectivity index (χ3v) is 3.40. The van der Waals surface area contributed by atoms with E-state index in [2.05, 4.69) is 36.1 Å². The Kier molecular flexibility index (Phi) is 6.65. The Bertz CT molecular complexity index is 336. The molecule has 102 valence electrons. The molecule has 0 radical (unpaired) electrons. The summed E-state index contributed by atoms with van der Waals surface area (Å²) >= 11 is 0. The first-order valence-electron chi connectivity index (χ1n) is 7.01. The van der Waals surface area contributed by atoms with Crippen LogP contribution in [0.4, 0.5) is 5.82 Å². The van der Waals surface area contributed by atoms with Crippen LogP contribution >= 0.6 is 0 Å². The van der Waals surface area contributed by atoms with E-state index in [9.17, 15) is 0 Å². The van der Waals surface area contributed by atoms with Crippen molar-refractivity contribution in [3.8, 4) is 0 Å². The van der Waals surface area contributed by atoms with Crippen molar-refractivity contribution in [2.24, 2.45) is 11.7 Å². The summed E-state index contributed by atoms with van der Waals surface area (Å²) in [5, 5.41) is 3.32. The number of aromatic nitrogens is 2. The molecule has 4 nitrogen and oxygen atoms in total. The van der Waals surface area contributed by atoms with E-state index in [4.69, 9.17) is 5.73 Å². The molecule has 0 aliphatic rings. The topological polar surface area (TPSA) is 63.8 Å². The smallest absolute Gasteiger partial charge is 0.129 e. The van der Waals surface area contributed by atoms with Gasteiger partial charge in [-0.3, -0.25) is 0 Å². The first-order chi connectivity index (χ1) is 8.71. The van der Waals surface area contributed by atoms with Crippen molar-refractivity contribution in [3.63, 3.8) is 0 Å². The summed E-state index contributed by atoms with van der Waals surface area (Å²) in [6, 6.07) is 2.20. The Labute approximate surface area is 110 Å². The number of nitrogens with one attached hydrogen (secondary N) is 1. The number of aryl methyl sites for hydroxylation is 1. The first kappa shape index (κ1) is 14.9. The molecular formula is C14H26N4. The van der Waals surface area contributed by atoms with Gasteiger partial charge in [0.2, 0.25) is 0 Å². The summed E-state index contributed by atoms with van der Waals surface area (Å²) < 4.78 is 0. The second-order valence-electron chi connectivity index (χ2n) is 4.77. The van der Waals surface area contributed by atoms with Crippen LogP contribution in [0.25, 0.3) is 0 Å². The molecule has 1 rings (SSSR count). The maximum absolute atomic E-state index is 6.18. The van der Waals surface area contributed by atoms with Crippen LogP contribution in [0.5, 0.6) is 0 Å². The molecule has 1 unspecified atom stereocenters. The Morgan fingerprint density at radius 3 is 2.56 bits per heavy atom. The second-order valence-corrected chi connectivity index (χ2v) is 4.77. The number of anilines is 1. The maximum Gasteiger partial charge on any atom is 0.129 e. The summed E-state index contributed by atoms with van der Waals surface area (Å²) in [6.07, 6.45) is 5.98. The third-order valence-electron chi connectivity index (χ3n) is 3.40. The lowest BCUT2D eigenvalue weighted by atomic mass is 9.95. The number of nitrogens with zero attached hydrogens (tertiary/aromatic N) is 2. The van der Waals surface area contributed by atoms with Gasteiger partial charge in [-0.25, -0.2) is 9.97 Å². The summed E-state index contributed by atoms with van der Waals surface area (Å²) in [4.78, 5) is 8.47. The van der Waals surface area contributed by atoms with Crippen LogP contribution < -0.4 is 11.1 Å². The second kappa shape index (κ2) is 8.03. The van der Waals surface area contributed by atoms with Crippen LogP contribution in [0, 0.1) is 5.92 Å². The summed E-state index contributed by atoms with van der Waals surface area (Å²) in [5.74, 6) is 1.46. The monoisotopic (exact) mass is 250 g/mol. The van der Waals surface area contributed by atoms with Gasteiger partial charge in [0.15, 0.2) is 0 Å². The highest BCUT2D eigenvalue weighted by atomic mass is 15.0.